The van der Waals surface area contributed by atoms with Gasteiger partial charge in [0.1, 0.15) is 0 Å². The molecule has 2 heteroatoms. The Hall–Kier alpha value is -0.0800. The van der Waals surface area contributed by atoms with Crippen molar-refractivity contribution in [1.29, 1.82) is 0 Å². The first-order valence-electron chi connectivity index (χ1n) is 4.10. The molecular formula is C8H12O2. The van der Waals surface area contributed by atoms with Crippen LogP contribution in [0.5, 0.6) is 0 Å². The second-order valence-electron chi connectivity index (χ2n) is 4.11. The van der Waals surface area contributed by atoms with E-state index in [1.54, 1.807) is 0 Å². The fourth-order valence-electron chi connectivity index (χ4n) is 2.60. The molecule has 4 fully saturated rings. The number of aliphatic hydroxyl groups is 1. The van der Waals surface area contributed by atoms with Crippen LogP contribution in [-0.2, 0) is 4.74 Å². The highest BCUT2D eigenvalue weighted by Crippen LogP contribution is 2.67. The van der Waals surface area contributed by atoms with Gasteiger partial charge in [-0.1, -0.05) is 0 Å². The van der Waals surface area contributed by atoms with E-state index in [0.29, 0.717) is 0 Å². The van der Waals surface area contributed by atoms with Crippen LogP contribution in [-0.4, -0.2) is 22.9 Å². The smallest absolute Gasteiger partial charge is 0.0927 e. The summed E-state index contributed by atoms with van der Waals surface area (Å²) in [5.74, 6) is 0.805. The van der Waals surface area contributed by atoms with E-state index in [1.807, 2.05) is 0 Å². The van der Waals surface area contributed by atoms with Crippen LogP contribution in [0, 0.1) is 5.92 Å². The predicted octanol–water partition coefficient (Wildman–Crippen LogP) is 0.690. The van der Waals surface area contributed by atoms with Crippen LogP contribution in [0.3, 0.4) is 0 Å². The zero-order valence-corrected chi connectivity index (χ0v) is 5.97. The summed E-state index contributed by atoms with van der Waals surface area (Å²) in [6.07, 6.45) is 4.76. The van der Waals surface area contributed by atoms with Crippen molar-refractivity contribution >= 4 is 0 Å². The van der Waals surface area contributed by atoms with Crippen LogP contribution in [0.1, 0.15) is 25.7 Å². The van der Waals surface area contributed by atoms with E-state index in [4.69, 9.17) is 9.84 Å². The minimum atomic E-state index is -0.0683. The minimum Gasteiger partial charge on any atom is -0.393 e. The first-order valence-corrected chi connectivity index (χ1v) is 4.10. The molecule has 0 aromatic rings. The Morgan fingerprint density at radius 3 is 2.40 bits per heavy atom. The predicted molar refractivity (Wildman–Crippen MR) is 35.6 cm³/mol. The van der Waals surface area contributed by atoms with Crippen molar-refractivity contribution in [3.8, 4) is 0 Å². The molecule has 10 heavy (non-hydrogen) atoms. The molecule has 0 aromatic carbocycles. The molecule has 1 N–H and O–H groups in total. The highest BCUT2D eigenvalue weighted by atomic mass is 16.6. The van der Waals surface area contributed by atoms with Gasteiger partial charge in [-0.25, -0.2) is 0 Å². The third-order valence-electron chi connectivity index (χ3n) is 3.43. The SMILES string of the molecule is OCC12CC(C1)C1(CC1)O2. The van der Waals surface area contributed by atoms with Gasteiger partial charge in [0, 0.05) is 0 Å². The average molecular weight is 140 g/mol. The summed E-state index contributed by atoms with van der Waals surface area (Å²) in [5.41, 5.74) is 0.212. The molecule has 2 aliphatic carbocycles. The molecular weight excluding hydrogens is 128 g/mol. The average Bonchev–Trinajstić information content (AvgIpc) is 2.37. The van der Waals surface area contributed by atoms with Gasteiger partial charge in [0.15, 0.2) is 0 Å². The lowest BCUT2D eigenvalue weighted by molar-refractivity contribution is -0.0680. The standard InChI is InChI=1S/C8H12O2/c9-5-7-3-6(4-7)8(10-7)1-2-8/h6,9H,1-5H2. The zero-order chi connectivity index (χ0) is 6.82. The lowest BCUT2D eigenvalue weighted by atomic mass is 9.72. The minimum absolute atomic E-state index is 0.0683. The van der Waals surface area contributed by atoms with E-state index >= 15 is 0 Å². The van der Waals surface area contributed by atoms with Crippen molar-refractivity contribution in [1.82, 2.24) is 0 Å². The topological polar surface area (TPSA) is 29.5 Å². The summed E-state index contributed by atoms with van der Waals surface area (Å²) in [7, 11) is 0. The van der Waals surface area contributed by atoms with Gasteiger partial charge in [0.2, 0.25) is 0 Å². The van der Waals surface area contributed by atoms with E-state index in [-0.39, 0.29) is 17.8 Å². The van der Waals surface area contributed by atoms with Crippen molar-refractivity contribution in [3.63, 3.8) is 0 Å². The summed E-state index contributed by atoms with van der Waals surface area (Å²) in [5, 5.41) is 9.00. The molecule has 4 aliphatic rings. The molecule has 2 heterocycles. The van der Waals surface area contributed by atoms with Crippen LogP contribution in [0.25, 0.3) is 0 Å². The van der Waals surface area contributed by atoms with E-state index in [0.717, 1.165) is 18.8 Å². The molecule has 2 bridgehead atoms. The Bertz CT molecular complexity index is 178. The zero-order valence-electron chi connectivity index (χ0n) is 5.97. The Balaban J connectivity index is 1.90. The molecule has 0 atom stereocenters. The molecule has 2 nitrogen and oxygen atoms in total. The fourth-order valence-corrected chi connectivity index (χ4v) is 2.60. The number of aliphatic hydroxyl groups excluding tert-OH is 1. The van der Waals surface area contributed by atoms with Crippen molar-refractivity contribution in [2.24, 2.45) is 5.92 Å². The van der Waals surface area contributed by atoms with Gasteiger partial charge in [-0.15, -0.1) is 0 Å². The van der Waals surface area contributed by atoms with Crippen LogP contribution in [0.4, 0.5) is 0 Å². The highest BCUT2D eigenvalue weighted by molar-refractivity contribution is 5.19. The molecule has 2 aliphatic heterocycles. The normalized spacial score (nSPS) is 53.1. The molecule has 0 radical (unpaired) electrons. The monoisotopic (exact) mass is 140 g/mol. The van der Waals surface area contributed by atoms with Gasteiger partial charge < -0.3 is 9.84 Å². The Morgan fingerprint density at radius 2 is 2.10 bits per heavy atom. The maximum Gasteiger partial charge on any atom is 0.0927 e. The van der Waals surface area contributed by atoms with Gasteiger partial charge in [-0.2, -0.15) is 0 Å². The van der Waals surface area contributed by atoms with Gasteiger partial charge in [-0.05, 0) is 31.6 Å². The quantitative estimate of drug-likeness (QED) is 0.580. The Morgan fingerprint density at radius 1 is 1.40 bits per heavy atom. The molecule has 2 saturated heterocycles. The summed E-state index contributed by atoms with van der Waals surface area (Å²) >= 11 is 0. The van der Waals surface area contributed by atoms with E-state index in [9.17, 15) is 0 Å². The first kappa shape index (κ1) is 5.56. The van der Waals surface area contributed by atoms with Crippen molar-refractivity contribution in [2.45, 2.75) is 36.9 Å². The summed E-state index contributed by atoms with van der Waals surface area (Å²) < 4.78 is 5.82. The first-order chi connectivity index (χ1) is 4.79. The number of rotatable bonds is 1. The van der Waals surface area contributed by atoms with Crippen molar-refractivity contribution < 1.29 is 9.84 Å². The summed E-state index contributed by atoms with van der Waals surface area (Å²) in [6.45, 7) is 0.241. The lowest BCUT2D eigenvalue weighted by Gasteiger charge is -2.33. The number of hydrogen-bond acceptors (Lipinski definition) is 2. The number of hydrogen-bond donors (Lipinski definition) is 1. The van der Waals surface area contributed by atoms with Crippen molar-refractivity contribution in [2.75, 3.05) is 6.61 Å². The van der Waals surface area contributed by atoms with Gasteiger partial charge in [0.05, 0.1) is 17.8 Å². The summed E-state index contributed by atoms with van der Waals surface area (Å²) in [6, 6.07) is 0. The number of ether oxygens (including phenoxy) is 1. The fraction of sp³-hybridized carbons (Fsp3) is 1.00. The highest BCUT2D eigenvalue weighted by Gasteiger charge is 2.69. The molecule has 2 saturated carbocycles. The van der Waals surface area contributed by atoms with Gasteiger partial charge >= 0.3 is 0 Å². The van der Waals surface area contributed by atoms with Crippen LogP contribution in [0.15, 0.2) is 0 Å². The maximum atomic E-state index is 9.00. The Labute approximate surface area is 60.2 Å². The van der Waals surface area contributed by atoms with Crippen LogP contribution >= 0.6 is 0 Å². The maximum absolute atomic E-state index is 9.00. The third-order valence-corrected chi connectivity index (χ3v) is 3.43. The van der Waals surface area contributed by atoms with Gasteiger partial charge in [0.25, 0.3) is 0 Å². The molecule has 56 valence electrons. The molecule has 0 unspecified atom stereocenters. The van der Waals surface area contributed by atoms with Gasteiger partial charge in [-0.3, -0.25) is 0 Å². The lowest BCUT2D eigenvalue weighted by Crippen LogP contribution is -2.39. The molecule has 4 rings (SSSR count). The van der Waals surface area contributed by atoms with Crippen LogP contribution in [0.2, 0.25) is 0 Å². The summed E-state index contributed by atoms with van der Waals surface area (Å²) in [4.78, 5) is 0. The van der Waals surface area contributed by atoms with E-state index in [1.165, 1.54) is 12.8 Å². The largest absolute Gasteiger partial charge is 0.393 e. The Kier molecular flexibility index (Phi) is 0.710. The van der Waals surface area contributed by atoms with E-state index in [2.05, 4.69) is 0 Å². The molecule has 0 amide bonds. The second kappa shape index (κ2) is 1.28. The second-order valence-corrected chi connectivity index (χ2v) is 4.11. The van der Waals surface area contributed by atoms with Crippen molar-refractivity contribution in [3.05, 3.63) is 0 Å². The van der Waals surface area contributed by atoms with E-state index < -0.39 is 0 Å². The molecule has 0 aromatic heterocycles. The van der Waals surface area contributed by atoms with Crippen LogP contribution < -0.4 is 0 Å². The third kappa shape index (κ3) is 0.424. The molecule has 1 spiro atoms.